The average molecular weight is 170 g/mol. The van der Waals surface area contributed by atoms with Crippen LogP contribution < -0.4 is 11.1 Å². The van der Waals surface area contributed by atoms with Crippen molar-refractivity contribution in [3.8, 4) is 0 Å². The highest BCUT2D eigenvalue weighted by atomic mass is 16.1. The van der Waals surface area contributed by atoms with E-state index in [0.29, 0.717) is 6.42 Å². The van der Waals surface area contributed by atoms with Gasteiger partial charge in [0.05, 0.1) is 0 Å². The molecule has 0 aliphatic heterocycles. The van der Waals surface area contributed by atoms with Crippen LogP contribution in [0.15, 0.2) is 12.2 Å². The summed E-state index contributed by atoms with van der Waals surface area (Å²) in [4.78, 5) is 10.6. The van der Waals surface area contributed by atoms with E-state index in [4.69, 9.17) is 5.73 Å². The summed E-state index contributed by atoms with van der Waals surface area (Å²) in [6.45, 7) is 6.65. The van der Waals surface area contributed by atoms with Gasteiger partial charge >= 0.3 is 0 Å². The van der Waals surface area contributed by atoms with Gasteiger partial charge in [-0.25, -0.2) is 0 Å². The number of nitrogens with two attached hydrogens (primary N) is 1. The molecule has 3 N–H and O–H groups in total. The molecule has 3 nitrogen and oxygen atoms in total. The Morgan fingerprint density at radius 1 is 1.58 bits per heavy atom. The third kappa shape index (κ3) is 5.92. The molecule has 0 aromatic heterocycles. The van der Waals surface area contributed by atoms with Crippen molar-refractivity contribution >= 4 is 5.91 Å². The zero-order chi connectivity index (χ0) is 9.61. The number of hydrogen-bond donors (Lipinski definition) is 2. The van der Waals surface area contributed by atoms with Crippen molar-refractivity contribution in [1.82, 2.24) is 5.32 Å². The third-order valence-corrected chi connectivity index (χ3v) is 1.55. The van der Waals surface area contributed by atoms with E-state index in [1.54, 1.807) is 0 Å². The summed E-state index contributed by atoms with van der Waals surface area (Å²) >= 11 is 0. The van der Waals surface area contributed by atoms with Crippen molar-refractivity contribution in [3.05, 3.63) is 12.2 Å². The topological polar surface area (TPSA) is 55.1 Å². The lowest BCUT2D eigenvalue weighted by Gasteiger charge is -2.23. The Kier molecular flexibility index (Phi) is 4.59. The second kappa shape index (κ2) is 4.93. The predicted octanol–water partition coefficient (Wildman–Crippen LogP) is 0.806. The maximum absolute atomic E-state index is 10.6. The predicted molar refractivity (Wildman–Crippen MR) is 50.7 cm³/mol. The summed E-state index contributed by atoms with van der Waals surface area (Å²) in [5, 5.41) is 3.20. The Morgan fingerprint density at radius 2 is 2.17 bits per heavy atom. The van der Waals surface area contributed by atoms with E-state index in [2.05, 4.69) is 5.32 Å². The standard InChI is InChI=1S/C9H18N2O/c1-4-5-6-11-9(2,3)7-8(10)12/h4-5,11H,6-7H2,1-3H3,(H2,10,12)/b5-4+. The highest BCUT2D eigenvalue weighted by Crippen LogP contribution is 2.06. The Labute approximate surface area is 74.0 Å². The van der Waals surface area contributed by atoms with Crippen molar-refractivity contribution in [1.29, 1.82) is 0 Å². The number of nitrogens with one attached hydrogen (secondary N) is 1. The van der Waals surface area contributed by atoms with Crippen LogP contribution in [0, 0.1) is 0 Å². The zero-order valence-electron chi connectivity index (χ0n) is 8.05. The number of primary amides is 1. The molecule has 0 aliphatic carbocycles. The van der Waals surface area contributed by atoms with Gasteiger partial charge in [-0.2, -0.15) is 0 Å². The van der Waals surface area contributed by atoms with E-state index in [0.717, 1.165) is 6.54 Å². The summed E-state index contributed by atoms with van der Waals surface area (Å²) in [6, 6.07) is 0. The first-order valence-electron chi connectivity index (χ1n) is 4.12. The first-order chi connectivity index (χ1) is 5.48. The van der Waals surface area contributed by atoms with E-state index < -0.39 is 0 Å². The molecule has 0 unspecified atom stereocenters. The van der Waals surface area contributed by atoms with Gasteiger partial charge in [-0.1, -0.05) is 12.2 Å². The van der Waals surface area contributed by atoms with Crippen molar-refractivity contribution in [2.45, 2.75) is 32.7 Å². The van der Waals surface area contributed by atoms with E-state index in [1.165, 1.54) is 0 Å². The monoisotopic (exact) mass is 170 g/mol. The van der Waals surface area contributed by atoms with E-state index in [-0.39, 0.29) is 11.4 Å². The third-order valence-electron chi connectivity index (χ3n) is 1.55. The maximum Gasteiger partial charge on any atom is 0.219 e. The minimum absolute atomic E-state index is 0.203. The minimum atomic E-state index is -0.270. The van der Waals surface area contributed by atoms with Gasteiger partial charge in [0.2, 0.25) is 5.91 Å². The summed E-state index contributed by atoms with van der Waals surface area (Å²) in [6.07, 6.45) is 4.33. The summed E-state index contributed by atoms with van der Waals surface area (Å²) in [5.74, 6) is -0.270. The highest BCUT2D eigenvalue weighted by Gasteiger charge is 2.18. The van der Waals surface area contributed by atoms with E-state index >= 15 is 0 Å². The number of allylic oxidation sites excluding steroid dienone is 1. The molecule has 0 aromatic carbocycles. The maximum atomic E-state index is 10.6. The van der Waals surface area contributed by atoms with Crippen LogP contribution in [0.2, 0.25) is 0 Å². The molecule has 0 aromatic rings. The summed E-state index contributed by atoms with van der Waals surface area (Å²) < 4.78 is 0. The molecule has 0 fully saturated rings. The molecule has 0 heterocycles. The lowest BCUT2D eigenvalue weighted by molar-refractivity contribution is -0.119. The Morgan fingerprint density at radius 3 is 2.58 bits per heavy atom. The SMILES string of the molecule is C/C=C/CNC(C)(C)CC(N)=O. The number of carbonyl (C=O) groups excluding carboxylic acids is 1. The minimum Gasteiger partial charge on any atom is -0.370 e. The fourth-order valence-electron chi connectivity index (χ4n) is 0.951. The van der Waals surface area contributed by atoms with E-state index in [9.17, 15) is 4.79 Å². The highest BCUT2D eigenvalue weighted by molar-refractivity contribution is 5.74. The number of carbonyl (C=O) groups is 1. The van der Waals surface area contributed by atoms with Crippen molar-refractivity contribution < 1.29 is 4.79 Å². The smallest absolute Gasteiger partial charge is 0.219 e. The molecule has 0 aliphatic rings. The van der Waals surface area contributed by atoms with Gasteiger partial charge in [0.25, 0.3) is 0 Å². The molecule has 0 radical (unpaired) electrons. The van der Waals surface area contributed by atoms with Crippen LogP contribution in [0.4, 0.5) is 0 Å². The molecular formula is C9H18N2O. The number of hydrogen-bond acceptors (Lipinski definition) is 2. The first kappa shape index (κ1) is 11.2. The van der Waals surface area contributed by atoms with Crippen LogP contribution in [0.3, 0.4) is 0 Å². The van der Waals surface area contributed by atoms with Gasteiger partial charge in [0.15, 0.2) is 0 Å². The second-order valence-corrected chi connectivity index (χ2v) is 3.48. The number of amides is 1. The Balaban J connectivity index is 3.78. The fourth-order valence-corrected chi connectivity index (χ4v) is 0.951. The van der Waals surface area contributed by atoms with Gasteiger partial charge in [-0.3, -0.25) is 4.79 Å². The van der Waals surface area contributed by atoms with Crippen LogP contribution in [-0.2, 0) is 4.79 Å². The molecular weight excluding hydrogens is 152 g/mol. The van der Waals surface area contributed by atoms with Crippen LogP contribution >= 0.6 is 0 Å². The van der Waals surface area contributed by atoms with Crippen LogP contribution in [-0.4, -0.2) is 18.0 Å². The van der Waals surface area contributed by atoms with Crippen molar-refractivity contribution in [3.63, 3.8) is 0 Å². The quantitative estimate of drug-likeness (QED) is 0.600. The van der Waals surface area contributed by atoms with Gasteiger partial charge in [0.1, 0.15) is 0 Å². The molecule has 0 saturated heterocycles. The van der Waals surface area contributed by atoms with Crippen LogP contribution in [0.25, 0.3) is 0 Å². The largest absolute Gasteiger partial charge is 0.370 e. The summed E-state index contributed by atoms with van der Waals surface area (Å²) in [5.41, 5.74) is 4.88. The molecule has 0 atom stereocenters. The fraction of sp³-hybridized carbons (Fsp3) is 0.667. The van der Waals surface area contributed by atoms with E-state index in [1.807, 2.05) is 32.9 Å². The second-order valence-electron chi connectivity index (χ2n) is 3.48. The van der Waals surface area contributed by atoms with Crippen LogP contribution in [0.5, 0.6) is 0 Å². The first-order valence-corrected chi connectivity index (χ1v) is 4.12. The van der Waals surface area contributed by atoms with Crippen molar-refractivity contribution in [2.24, 2.45) is 5.73 Å². The van der Waals surface area contributed by atoms with Gasteiger partial charge in [-0.05, 0) is 20.8 Å². The normalized spacial score (nSPS) is 12.2. The molecule has 0 spiro atoms. The average Bonchev–Trinajstić information content (AvgIpc) is 1.84. The Hall–Kier alpha value is -0.830. The zero-order valence-corrected chi connectivity index (χ0v) is 8.05. The van der Waals surface area contributed by atoms with Crippen LogP contribution in [0.1, 0.15) is 27.2 Å². The Bertz CT molecular complexity index is 173. The molecule has 0 rings (SSSR count). The molecule has 3 heteroatoms. The van der Waals surface area contributed by atoms with Crippen molar-refractivity contribution in [2.75, 3.05) is 6.54 Å². The molecule has 12 heavy (non-hydrogen) atoms. The molecule has 0 saturated carbocycles. The van der Waals surface area contributed by atoms with Gasteiger partial charge in [0, 0.05) is 18.5 Å². The molecule has 1 amide bonds. The summed E-state index contributed by atoms with van der Waals surface area (Å²) in [7, 11) is 0. The molecule has 0 bridgehead atoms. The number of rotatable bonds is 5. The lowest BCUT2D eigenvalue weighted by Crippen LogP contribution is -2.42. The lowest BCUT2D eigenvalue weighted by atomic mass is 10.0. The van der Waals surface area contributed by atoms with Gasteiger partial charge < -0.3 is 11.1 Å². The molecule has 70 valence electrons. The van der Waals surface area contributed by atoms with Gasteiger partial charge in [-0.15, -0.1) is 0 Å².